The summed E-state index contributed by atoms with van der Waals surface area (Å²) in [5.74, 6) is 0. The Kier molecular flexibility index (Phi) is 12.6. The van der Waals surface area contributed by atoms with Gasteiger partial charge < -0.3 is 0 Å². The summed E-state index contributed by atoms with van der Waals surface area (Å²) in [6, 6.07) is 0. The molecule has 0 aromatic heterocycles. The van der Waals surface area contributed by atoms with E-state index in [-0.39, 0.29) is 29.1 Å². The third-order valence-electron chi connectivity index (χ3n) is 1.17. The monoisotopic (exact) mass is 194 g/mol. The largest absolute Gasteiger partial charge is 2.00 e. The predicted molar refractivity (Wildman–Crippen MR) is 49.9 cm³/mol. The number of allylic oxidation sites excluding steroid dienone is 8. The van der Waals surface area contributed by atoms with E-state index in [9.17, 15) is 0 Å². The first-order chi connectivity index (χ1) is 5.00. The van der Waals surface area contributed by atoms with Crippen LogP contribution in [0.3, 0.4) is 0 Å². The summed E-state index contributed by atoms with van der Waals surface area (Å²) in [6.45, 7) is 0. The molecule has 0 aromatic carbocycles. The molecule has 2 rings (SSSR count). The zero-order valence-electron chi connectivity index (χ0n) is 6.38. The van der Waals surface area contributed by atoms with Gasteiger partial charge in [0, 0.05) is 0 Å². The van der Waals surface area contributed by atoms with Crippen molar-refractivity contribution < 1.29 is 21.7 Å². The molecule has 0 radical (unpaired) electrons. The van der Waals surface area contributed by atoms with Crippen LogP contribution < -0.4 is 0 Å². The first-order valence-corrected chi connectivity index (χ1v) is 3.43. The smallest absolute Gasteiger partial charge is 0.273 e. The van der Waals surface area contributed by atoms with Crippen molar-refractivity contribution in [3.05, 3.63) is 48.6 Å². The van der Waals surface area contributed by atoms with Gasteiger partial charge in [-0.05, 0) is 0 Å². The van der Waals surface area contributed by atoms with Crippen LogP contribution in [0.5, 0.6) is 0 Å². The second kappa shape index (κ2) is 10.7. The van der Waals surface area contributed by atoms with Crippen molar-refractivity contribution in [1.29, 1.82) is 0 Å². The molecule has 0 spiro atoms. The fourth-order valence-electron chi connectivity index (χ4n) is 0.680. The SMILES string of the molecule is C.[C-]1=CC=CC1.[C-]1=CC=CC1.[Ti+2]. The average molecular weight is 194 g/mol. The second-order valence-corrected chi connectivity index (χ2v) is 2.01. The van der Waals surface area contributed by atoms with Crippen molar-refractivity contribution >= 4 is 0 Å². The zero-order valence-corrected chi connectivity index (χ0v) is 7.94. The van der Waals surface area contributed by atoms with Gasteiger partial charge >= 0.3 is 21.7 Å². The maximum Gasteiger partial charge on any atom is 2.00 e. The van der Waals surface area contributed by atoms with Crippen LogP contribution in [0.2, 0.25) is 0 Å². The van der Waals surface area contributed by atoms with Gasteiger partial charge in [-0.1, -0.05) is 7.43 Å². The summed E-state index contributed by atoms with van der Waals surface area (Å²) in [5, 5.41) is 0. The topological polar surface area (TPSA) is 0 Å². The maximum absolute atomic E-state index is 2.99. The Morgan fingerprint density at radius 1 is 0.833 bits per heavy atom. The third kappa shape index (κ3) is 7.78. The molecule has 1 heteroatoms. The first kappa shape index (κ1) is 14.2. The quantitative estimate of drug-likeness (QED) is 0.410. The van der Waals surface area contributed by atoms with Gasteiger partial charge in [0.15, 0.2) is 0 Å². The molecule has 0 amide bonds. The Labute approximate surface area is 90.6 Å². The van der Waals surface area contributed by atoms with E-state index in [0.29, 0.717) is 0 Å². The summed E-state index contributed by atoms with van der Waals surface area (Å²) >= 11 is 0. The van der Waals surface area contributed by atoms with Crippen molar-refractivity contribution in [3.63, 3.8) is 0 Å². The Morgan fingerprint density at radius 3 is 1.33 bits per heavy atom. The van der Waals surface area contributed by atoms with Crippen LogP contribution in [0.4, 0.5) is 0 Å². The van der Waals surface area contributed by atoms with Gasteiger partial charge in [-0.2, -0.15) is 12.2 Å². The maximum atomic E-state index is 2.99. The van der Waals surface area contributed by atoms with Crippen molar-refractivity contribution in [2.75, 3.05) is 0 Å². The van der Waals surface area contributed by atoms with Gasteiger partial charge in [0.2, 0.25) is 0 Å². The van der Waals surface area contributed by atoms with Crippen LogP contribution in [0.15, 0.2) is 36.5 Å². The molecule has 0 fully saturated rings. The van der Waals surface area contributed by atoms with Gasteiger partial charge in [-0.15, -0.1) is 12.8 Å². The van der Waals surface area contributed by atoms with Crippen molar-refractivity contribution in [2.24, 2.45) is 0 Å². The minimum atomic E-state index is 0. The summed E-state index contributed by atoms with van der Waals surface area (Å²) in [7, 11) is 0. The molecule has 62 valence electrons. The normalized spacial score (nSPS) is 14.7. The van der Waals surface area contributed by atoms with Gasteiger partial charge in [0.25, 0.3) is 0 Å². The van der Waals surface area contributed by atoms with E-state index in [1.165, 1.54) is 0 Å². The fourth-order valence-corrected chi connectivity index (χ4v) is 0.680. The summed E-state index contributed by atoms with van der Waals surface area (Å²) in [4.78, 5) is 0. The second-order valence-electron chi connectivity index (χ2n) is 2.01. The summed E-state index contributed by atoms with van der Waals surface area (Å²) in [5.41, 5.74) is 0. The van der Waals surface area contributed by atoms with E-state index in [0.717, 1.165) is 12.8 Å². The van der Waals surface area contributed by atoms with Crippen molar-refractivity contribution in [3.8, 4) is 0 Å². The van der Waals surface area contributed by atoms with E-state index in [1.54, 1.807) is 0 Å². The minimum Gasteiger partial charge on any atom is -0.273 e. The van der Waals surface area contributed by atoms with Gasteiger partial charge in [0.1, 0.15) is 0 Å². The van der Waals surface area contributed by atoms with Crippen LogP contribution in [0, 0.1) is 12.2 Å². The van der Waals surface area contributed by atoms with Crippen molar-refractivity contribution in [2.45, 2.75) is 20.3 Å². The molecule has 0 aromatic rings. The number of hydrogen-bond acceptors (Lipinski definition) is 0. The average Bonchev–Trinajstić information content (AvgIpc) is 2.67. The van der Waals surface area contributed by atoms with E-state index in [4.69, 9.17) is 0 Å². The molecule has 0 unspecified atom stereocenters. The zero-order chi connectivity index (χ0) is 7.07. The van der Waals surface area contributed by atoms with Gasteiger partial charge in [-0.25, -0.2) is 24.3 Å². The Balaban J connectivity index is 0. The van der Waals surface area contributed by atoms with Crippen molar-refractivity contribution in [1.82, 2.24) is 0 Å². The Bertz CT molecular complexity index is 143. The minimum absolute atomic E-state index is 0. The van der Waals surface area contributed by atoms with E-state index >= 15 is 0 Å². The molecule has 0 nitrogen and oxygen atoms in total. The summed E-state index contributed by atoms with van der Waals surface area (Å²) in [6.07, 6.45) is 20.0. The standard InChI is InChI=1S/2C5H5.CH4.Ti/c2*1-2-4-5-3-1;;/h2*1-3H,4H2;1H4;/q2*-1;;+2. The van der Waals surface area contributed by atoms with E-state index < -0.39 is 0 Å². The first-order valence-electron chi connectivity index (χ1n) is 3.43. The van der Waals surface area contributed by atoms with Crippen LogP contribution in [0.1, 0.15) is 20.3 Å². The molecule has 0 saturated carbocycles. The molecule has 0 atom stereocenters. The fraction of sp³-hybridized carbons (Fsp3) is 0.273. The molecule has 12 heavy (non-hydrogen) atoms. The molecule has 0 N–H and O–H groups in total. The van der Waals surface area contributed by atoms with Crippen LogP contribution in [-0.4, -0.2) is 0 Å². The Morgan fingerprint density at radius 2 is 1.25 bits per heavy atom. The molecule has 0 heterocycles. The van der Waals surface area contributed by atoms with Crippen LogP contribution in [0.25, 0.3) is 0 Å². The summed E-state index contributed by atoms with van der Waals surface area (Å²) < 4.78 is 0. The number of hydrogen-bond donors (Lipinski definition) is 0. The third-order valence-corrected chi connectivity index (χ3v) is 1.17. The van der Waals surface area contributed by atoms with Gasteiger partial charge in [-0.3, -0.25) is 12.2 Å². The predicted octanol–water partition coefficient (Wildman–Crippen LogP) is 3.24. The molecule has 0 aliphatic heterocycles. The Hall–Kier alpha value is -0.326. The molecular weight excluding hydrogens is 180 g/mol. The molecular formula is C11H14Ti. The molecule has 0 saturated heterocycles. The number of rotatable bonds is 0. The molecule has 0 bridgehead atoms. The van der Waals surface area contributed by atoms with Crippen LogP contribution in [-0.2, 0) is 21.7 Å². The van der Waals surface area contributed by atoms with Gasteiger partial charge in [0.05, 0.1) is 0 Å². The van der Waals surface area contributed by atoms with Crippen LogP contribution >= 0.6 is 0 Å². The molecule has 2 aliphatic rings. The van der Waals surface area contributed by atoms with E-state index in [2.05, 4.69) is 24.3 Å². The van der Waals surface area contributed by atoms with E-state index in [1.807, 2.05) is 24.3 Å². The molecule has 2 aliphatic carbocycles.